The van der Waals surface area contributed by atoms with Gasteiger partial charge in [0.1, 0.15) is 0 Å². The van der Waals surface area contributed by atoms with Crippen molar-refractivity contribution in [3.05, 3.63) is 0 Å². The molecule has 0 radical (unpaired) electrons. The van der Waals surface area contributed by atoms with E-state index in [1.54, 1.807) is 0 Å². The molecule has 0 aliphatic rings. The lowest BCUT2D eigenvalue weighted by Gasteiger charge is -1.98. The standard InChI is InChI=1S/C2H5NO2.Al.ClH.HI/c3-1-2(4)5;;;/h1,3H2,(H,4,5);;2*1H/q;+3;;/p-3. The van der Waals surface area contributed by atoms with Crippen molar-refractivity contribution in [1.82, 2.24) is 0 Å². The zero-order valence-corrected chi connectivity index (χ0v) is 8.00. The largest absolute Gasteiger partial charge is 0.771 e. The van der Waals surface area contributed by atoms with Gasteiger partial charge in [0.2, 0.25) is 0 Å². The molecular formula is C2H4AlClINO2. The van der Waals surface area contributed by atoms with Crippen LogP contribution in [-0.2, 0) is 8.58 Å². The monoisotopic (exact) mass is 263 g/mol. The lowest BCUT2D eigenvalue weighted by molar-refractivity contribution is -0.132. The molecule has 0 aliphatic heterocycles. The molecule has 2 N–H and O–H groups in total. The van der Waals surface area contributed by atoms with E-state index in [1.165, 1.54) is 0 Å². The molecule has 0 aromatic carbocycles. The zero-order chi connectivity index (χ0) is 6.57. The Morgan fingerprint density at radius 2 is 2.50 bits per heavy atom. The number of halogens is 2. The Hall–Kier alpha value is 0.982. The number of rotatable bonds is 2. The van der Waals surface area contributed by atoms with E-state index in [-0.39, 0.29) is 6.54 Å². The van der Waals surface area contributed by atoms with Gasteiger partial charge in [-0.2, -0.15) is 10.0 Å². The van der Waals surface area contributed by atoms with E-state index >= 15 is 0 Å². The number of hydrogen-bond acceptors (Lipinski definition) is 3. The number of nitrogens with two attached hydrogens (primary N) is 1. The Bertz CT molecular complexity index is 90.1. The third kappa shape index (κ3) is 5.13. The second-order valence-electron chi connectivity index (χ2n) is 0.955. The second kappa shape index (κ2) is 4.82. The molecule has 0 bridgehead atoms. The van der Waals surface area contributed by atoms with Gasteiger partial charge in [0.15, 0.2) is 0 Å². The van der Waals surface area contributed by atoms with Crippen molar-refractivity contribution in [3.63, 3.8) is 0 Å². The summed E-state index contributed by atoms with van der Waals surface area (Å²) in [5.74, 6) is -0.425. The van der Waals surface area contributed by atoms with Crippen molar-refractivity contribution in [2.75, 3.05) is 6.54 Å². The fourth-order valence-electron chi connectivity index (χ4n) is 0.147. The molecule has 0 unspecified atom stereocenters. The van der Waals surface area contributed by atoms with Crippen LogP contribution in [0.15, 0.2) is 0 Å². The quantitative estimate of drug-likeness (QED) is 0.570. The predicted octanol–water partition coefficient (Wildman–Crippen LogP) is 0.147. The summed E-state index contributed by atoms with van der Waals surface area (Å²) in [6, 6.07) is 0. The van der Waals surface area contributed by atoms with Crippen LogP contribution in [0.2, 0.25) is 0 Å². The Morgan fingerprint density at radius 1 is 2.00 bits per heavy atom. The van der Waals surface area contributed by atoms with Crippen LogP contribution in [0.3, 0.4) is 0 Å². The molecule has 0 amide bonds. The van der Waals surface area contributed by atoms with E-state index in [2.05, 4.69) is 3.79 Å². The minimum atomic E-state index is -1.73. The van der Waals surface area contributed by atoms with Crippen LogP contribution in [0.25, 0.3) is 0 Å². The molecule has 0 saturated heterocycles. The Morgan fingerprint density at radius 3 is 2.62 bits per heavy atom. The maximum absolute atomic E-state index is 10.2. The summed E-state index contributed by atoms with van der Waals surface area (Å²) < 4.78 is 4.53. The summed E-state index contributed by atoms with van der Waals surface area (Å²) in [7, 11) is 3.64. The maximum atomic E-state index is 10.2. The summed E-state index contributed by atoms with van der Waals surface area (Å²) in [6.07, 6.45) is 0. The highest BCUT2D eigenvalue weighted by molar-refractivity contribution is 14.1. The van der Waals surface area contributed by atoms with Crippen molar-refractivity contribution >= 4 is 46.6 Å². The highest BCUT2D eigenvalue weighted by Crippen LogP contribution is 2.00. The molecule has 0 aromatic rings. The minimum absolute atomic E-state index is 0.0841. The Balaban J connectivity index is 3.25. The van der Waals surface area contributed by atoms with E-state index in [9.17, 15) is 4.79 Å². The fourth-order valence-corrected chi connectivity index (χ4v) is 1.59. The molecule has 0 spiro atoms. The first-order chi connectivity index (χ1) is 3.66. The van der Waals surface area contributed by atoms with Gasteiger partial charge < -0.3 is 9.52 Å². The average Bonchev–Trinajstić information content (AvgIpc) is 1.65. The Kier molecular flexibility index (Phi) is 5.42. The van der Waals surface area contributed by atoms with Gasteiger partial charge in [-0.15, -0.1) is 20.3 Å². The van der Waals surface area contributed by atoms with Gasteiger partial charge in [-0.3, -0.25) is 4.79 Å². The molecule has 0 rings (SSSR count). The third-order valence-corrected chi connectivity index (χ3v) is 1.86. The first-order valence-electron chi connectivity index (χ1n) is 1.84. The number of carbonyl (C=O) groups excluding carboxylic acids is 1. The van der Waals surface area contributed by atoms with Crippen LogP contribution in [0.5, 0.6) is 0 Å². The van der Waals surface area contributed by atoms with Crippen molar-refractivity contribution < 1.29 is 8.58 Å². The summed E-state index contributed by atoms with van der Waals surface area (Å²) in [6.45, 7) is -0.0841. The van der Waals surface area contributed by atoms with Crippen molar-refractivity contribution in [2.24, 2.45) is 5.73 Å². The first kappa shape index (κ1) is 8.98. The molecule has 0 aliphatic carbocycles. The van der Waals surface area contributed by atoms with Crippen LogP contribution >= 0.6 is 30.3 Å². The lowest BCUT2D eigenvalue weighted by atomic mass is 10.7. The van der Waals surface area contributed by atoms with Crippen LogP contribution < -0.4 is 5.73 Å². The average molecular weight is 263 g/mol. The maximum Gasteiger partial charge on any atom is 0.771 e. The van der Waals surface area contributed by atoms with Gasteiger partial charge in [0.05, 0.1) is 6.54 Å². The molecule has 46 valence electrons. The van der Waals surface area contributed by atoms with Gasteiger partial charge >= 0.3 is 10.3 Å². The first-order valence-corrected chi connectivity index (χ1v) is 8.23. The highest BCUT2D eigenvalue weighted by atomic mass is 127. The van der Waals surface area contributed by atoms with E-state index in [0.29, 0.717) is 0 Å². The van der Waals surface area contributed by atoms with E-state index in [1.807, 2.05) is 20.3 Å². The lowest BCUT2D eigenvalue weighted by Crippen LogP contribution is -2.19. The SMILES string of the molecule is NCC(=O)[O][Al]([Cl])[I]. The molecule has 0 saturated carbocycles. The second-order valence-corrected chi connectivity index (χ2v) is 8.50. The predicted molar refractivity (Wildman–Crippen MR) is 40.8 cm³/mol. The topological polar surface area (TPSA) is 52.3 Å². The third-order valence-electron chi connectivity index (χ3n) is 0.387. The van der Waals surface area contributed by atoms with Crippen LogP contribution in [-0.4, -0.2) is 22.8 Å². The molecule has 0 heterocycles. The van der Waals surface area contributed by atoms with Crippen molar-refractivity contribution in [3.8, 4) is 0 Å². The molecule has 8 heavy (non-hydrogen) atoms. The fraction of sp³-hybridized carbons (Fsp3) is 0.500. The molecular weight excluding hydrogens is 259 g/mol. The number of hydrogen-bond donors (Lipinski definition) is 1. The summed E-state index contributed by atoms with van der Waals surface area (Å²) in [5, 5.41) is 0. The molecule has 6 heteroatoms. The molecule has 0 atom stereocenters. The summed E-state index contributed by atoms with van der Waals surface area (Å²) in [5.41, 5.74) is 4.91. The molecule has 0 aromatic heterocycles. The Labute approximate surface area is 67.1 Å². The summed E-state index contributed by atoms with van der Waals surface area (Å²) in [4.78, 5) is 10.2. The highest BCUT2D eigenvalue weighted by Gasteiger charge is 2.17. The van der Waals surface area contributed by atoms with Crippen LogP contribution in [0.1, 0.15) is 0 Å². The smallest absolute Gasteiger partial charge is 0.597 e. The zero-order valence-electron chi connectivity index (χ0n) is 3.93. The molecule has 0 fully saturated rings. The number of carbonyl (C=O) groups is 1. The van der Waals surface area contributed by atoms with E-state index in [4.69, 9.17) is 15.8 Å². The normalized spacial score (nSPS) is 8.38. The minimum Gasteiger partial charge on any atom is -0.597 e. The van der Waals surface area contributed by atoms with E-state index < -0.39 is 16.2 Å². The van der Waals surface area contributed by atoms with Gasteiger partial charge in [-0.25, -0.2) is 0 Å². The van der Waals surface area contributed by atoms with Crippen molar-refractivity contribution in [2.45, 2.75) is 0 Å². The van der Waals surface area contributed by atoms with Gasteiger partial charge in [-0.1, -0.05) is 0 Å². The van der Waals surface area contributed by atoms with E-state index in [0.717, 1.165) is 0 Å². The van der Waals surface area contributed by atoms with Crippen LogP contribution in [0, 0.1) is 0 Å². The molecule has 3 nitrogen and oxygen atoms in total. The van der Waals surface area contributed by atoms with Crippen LogP contribution in [0.4, 0.5) is 0 Å². The van der Waals surface area contributed by atoms with Crippen molar-refractivity contribution in [1.29, 1.82) is 0 Å². The van der Waals surface area contributed by atoms with Gasteiger partial charge in [-0.05, 0) is 0 Å². The van der Waals surface area contributed by atoms with Gasteiger partial charge in [0.25, 0.3) is 5.97 Å². The van der Waals surface area contributed by atoms with Gasteiger partial charge in [0, 0.05) is 0 Å². The summed E-state index contributed by atoms with van der Waals surface area (Å²) >= 11 is 1.89.